The summed E-state index contributed by atoms with van der Waals surface area (Å²) in [5, 5.41) is 8.66. The van der Waals surface area contributed by atoms with E-state index in [0.717, 1.165) is 3.79 Å². The molecule has 1 unspecified atom stereocenters. The van der Waals surface area contributed by atoms with Crippen LogP contribution in [-0.2, 0) is 0 Å². The van der Waals surface area contributed by atoms with Crippen LogP contribution in [0, 0.1) is 11.3 Å². The summed E-state index contributed by atoms with van der Waals surface area (Å²) in [4.78, 5) is 13.8. The molecular formula is C9H9BrN2OS. The highest BCUT2D eigenvalue weighted by Crippen LogP contribution is 2.23. The summed E-state index contributed by atoms with van der Waals surface area (Å²) < 4.78 is 0.916. The van der Waals surface area contributed by atoms with Crippen molar-refractivity contribution in [2.24, 2.45) is 0 Å². The third-order valence-electron chi connectivity index (χ3n) is 1.87. The number of carbonyl (C=O) groups is 1. The van der Waals surface area contributed by atoms with Crippen molar-refractivity contribution in [2.45, 2.75) is 13.0 Å². The van der Waals surface area contributed by atoms with Crippen LogP contribution in [0.2, 0.25) is 0 Å². The van der Waals surface area contributed by atoms with Crippen LogP contribution in [0.15, 0.2) is 15.9 Å². The molecule has 0 aliphatic heterocycles. The van der Waals surface area contributed by atoms with Gasteiger partial charge < -0.3 is 4.90 Å². The van der Waals surface area contributed by atoms with E-state index in [2.05, 4.69) is 15.9 Å². The maximum atomic E-state index is 11.7. The lowest BCUT2D eigenvalue weighted by Crippen LogP contribution is -2.33. The predicted octanol–water partition coefficient (Wildman–Crippen LogP) is 2.49. The molecule has 1 rings (SSSR count). The van der Waals surface area contributed by atoms with Crippen molar-refractivity contribution in [1.82, 2.24) is 4.90 Å². The normalized spacial score (nSPS) is 11.9. The molecule has 0 aliphatic rings. The van der Waals surface area contributed by atoms with Gasteiger partial charge in [0.1, 0.15) is 6.04 Å². The second-order valence-corrected chi connectivity index (χ2v) is 5.29. The summed E-state index contributed by atoms with van der Waals surface area (Å²) in [5.74, 6) is -0.116. The van der Waals surface area contributed by atoms with E-state index in [1.807, 2.05) is 12.1 Å². The second kappa shape index (κ2) is 4.58. The van der Waals surface area contributed by atoms with E-state index >= 15 is 0 Å². The van der Waals surface area contributed by atoms with Crippen molar-refractivity contribution in [2.75, 3.05) is 7.05 Å². The molecule has 0 spiro atoms. The highest BCUT2D eigenvalue weighted by atomic mass is 79.9. The summed E-state index contributed by atoms with van der Waals surface area (Å²) in [6.07, 6.45) is 0. The van der Waals surface area contributed by atoms with Crippen LogP contribution in [0.1, 0.15) is 16.6 Å². The van der Waals surface area contributed by atoms with Crippen molar-refractivity contribution in [3.63, 3.8) is 0 Å². The first-order chi connectivity index (χ1) is 6.56. The molecule has 14 heavy (non-hydrogen) atoms. The molecule has 1 atom stereocenters. The smallest absolute Gasteiger partial charge is 0.264 e. The molecule has 1 amide bonds. The Morgan fingerprint density at radius 2 is 2.36 bits per heavy atom. The van der Waals surface area contributed by atoms with Crippen LogP contribution in [0.5, 0.6) is 0 Å². The number of hydrogen-bond donors (Lipinski definition) is 0. The molecule has 0 saturated heterocycles. The van der Waals surface area contributed by atoms with Crippen molar-refractivity contribution in [1.29, 1.82) is 5.26 Å². The number of amides is 1. The largest absolute Gasteiger partial charge is 0.325 e. The molecule has 0 fully saturated rings. The van der Waals surface area contributed by atoms with Crippen LogP contribution in [0.3, 0.4) is 0 Å². The molecule has 74 valence electrons. The standard InChI is InChI=1S/C9H9BrN2OS/c1-6(5-11)12(2)9(13)7-3-4-8(10)14-7/h3-4,6H,1-2H3. The van der Waals surface area contributed by atoms with Gasteiger partial charge in [0.2, 0.25) is 0 Å². The number of halogens is 1. The predicted molar refractivity (Wildman–Crippen MR) is 59.2 cm³/mol. The van der Waals surface area contributed by atoms with Gasteiger partial charge in [-0.3, -0.25) is 4.79 Å². The number of hydrogen-bond acceptors (Lipinski definition) is 3. The average Bonchev–Trinajstić information content (AvgIpc) is 2.61. The Bertz CT molecular complexity index is 382. The van der Waals surface area contributed by atoms with Crippen molar-refractivity contribution in [3.05, 3.63) is 20.8 Å². The van der Waals surface area contributed by atoms with Crippen LogP contribution in [0.4, 0.5) is 0 Å². The highest BCUT2D eigenvalue weighted by Gasteiger charge is 2.18. The fourth-order valence-electron chi connectivity index (χ4n) is 0.866. The van der Waals surface area contributed by atoms with Gasteiger partial charge in [-0.1, -0.05) is 0 Å². The Balaban J connectivity index is 2.81. The second-order valence-electron chi connectivity index (χ2n) is 2.82. The molecule has 0 aliphatic carbocycles. The summed E-state index contributed by atoms with van der Waals surface area (Å²) >= 11 is 4.65. The molecule has 0 N–H and O–H groups in total. The zero-order chi connectivity index (χ0) is 10.7. The lowest BCUT2D eigenvalue weighted by molar-refractivity contribution is 0.0778. The molecule has 1 heterocycles. The minimum Gasteiger partial charge on any atom is -0.325 e. The summed E-state index contributed by atoms with van der Waals surface area (Å²) in [5.41, 5.74) is 0. The number of carbonyl (C=O) groups excluding carboxylic acids is 1. The number of nitriles is 1. The van der Waals surface area contributed by atoms with Gasteiger partial charge in [0.15, 0.2) is 0 Å². The molecule has 0 aromatic carbocycles. The molecule has 1 aromatic rings. The molecule has 0 radical (unpaired) electrons. The third kappa shape index (κ3) is 2.34. The Labute approximate surface area is 95.1 Å². The number of rotatable bonds is 2. The van der Waals surface area contributed by atoms with Crippen molar-refractivity contribution >= 4 is 33.2 Å². The van der Waals surface area contributed by atoms with Gasteiger partial charge in [-0.15, -0.1) is 11.3 Å². The van der Waals surface area contributed by atoms with E-state index in [0.29, 0.717) is 4.88 Å². The van der Waals surface area contributed by atoms with E-state index in [4.69, 9.17) is 5.26 Å². The van der Waals surface area contributed by atoms with Crippen molar-refractivity contribution in [3.8, 4) is 6.07 Å². The summed E-state index contributed by atoms with van der Waals surface area (Å²) in [6, 6.07) is 5.19. The van der Waals surface area contributed by atoms with E-state index in [1.54, 1.807) is 20.0 Å². The fraction of sp³-hybridized carbons (Fsp3) is 0.333. The number of nitrogens with zero attached hydrogens (tertiary/aromatic N) is 2. The van der Waals surface area contributed by atoms with Gasteiger partial charge in [-0.05, 0) is 35.0 Å². The van der Waals surface area contributed by atoms with Crippen molar-refractivity contribution < 1.29 is 4.79 Å². The van der Waals surface area contributed by atoms with Crippen LogP contribution in [-0.4, -0.2) is 23.9 Å². The lowest BCUT2D eigenvalue weighted by atomic mass is 10.3. The van der Waals surface area contributed by atoms with Gasteiger partial charge in [0, 0.05) is 7.05 Å². The van der Waals surface area contributed by atoms with Gasteiger partial charge in [0.25, 0.3) is 5.91 Å². The van der Waals surface area contributed by atoms with Crippen LogP contribution < -0.4 is 0 Å². The van der Waals surface area contributed by atoms with Gasteiger partial charge in [-0.2, -0.15) is 5.26 Å². The quantitative estimate of drug-likeness (QED) is 0.831. The van der Waals surface area contributed by atoms with Gasteiger partial charge in [-0.25, -0.2) is 0 Å². The maximum Gasteiger partial charge on any atom is 0.264 e. The first kappa shape index (κ1) is 11.2. The molecule has 1 aromatic heterocycles. The first-order valence-electron chi connectivity index (χ1n) is 3.98. The monoisotopic (exact) mass is 272 g/mol. The van der Waals surface area contributed by atoms with Crippen LogP contribution >= 0.6 is 27.3 Å². The summed E-state index contributed by atoms with van der Waals surface area (Å²) in [6.45, 7) is 1.69. The molecule has 0 saturated carbocycles. The summed E-state index contributed by atoms with van der Waals surface area (Å²) in [7, 11) is 1.63. The average molecular weight is 273 g/mol. The Hall–Kier alpha value is -0.860. The van der Waals surface area contributed by atoms with E-state index in [-0.39, 0.29) is 5.91 Å². The fourth-order valence-corrected chi connectivity index (χ4v) is 2.23. The first-order valence-corrected chi connectivity index (χ1v) is 5.59. The van der Waals surface area contributed by atoms with Gasteiger partial charge >= 0.3 is 0 Å². The lowest BCUT2D eigenvalue weighted by Gasteiger charge is -2.18. The highest BCUT2D eigenvalue weighted by molar-refractivity contribution is 9.11. The number of thiophene rings is 1. The Morgan fingerprint density at radius 3 is 2.79 bits per heavy atom. The maximum absolute atomic E-state index is 11.7. The Kier molecular flexibility index (Phi) is 3.67. The zero-order valence-corrected chi connectivity index (χ0v) is 10.2. The molecular weight excluding hydrogens is 264 g/mol. The van der Waals surface area contributed by atoms with E-state index < -0.39 is 6.04 Å². The molecule has 5 heteroatoms. The topological polar surface area (TPSA) is 44.1 Å². The molecule has 0 bridgehead atoms. The minimum absolute atomic E-state index is 0.116. The SMILES string of the molecule is CC(C#N)N(C)C(=O)c1ccc(Br)s1. The third-order valence-corrected chi connectivity index (χ3v) is 3.48. The van der Waals surface area contributed by atoms with Gasteiger partial charge in [0.05, 0.1) is 14.7 Å². The Morgan fingerprint density at radius 1 is 1.71 bits per heavy atom. The van der Waals surface area contributed by atoms with E-state index in [9.17, 15) is 4.79 Å². The zero-order valence-electron chi connectivity index (χ0n) is 7.82. The van der Waals surface area contributed by atoms with E-state index in [1.165, 1.54) is 16.2 Å². The minimum atomic E-state index is -0.400. The molecule has 3 nitrogen and oxygen atoms in total. The van der Waals surface area contributed by atoms with Crippen LogP contribution in [0.25, 0.3) is 0 Å².